The van der Waals surface area contributed by atoms with Gasteiger partial charge in [0.05, 0.1) is 23.0 Å². The summed E-state index contributed by atoms with van der Waals surface area (Å²) in [7, 11) is 0. The van der Waals surface area contributed by atoms with Crippen LogP contribution in [0.4, 0.5) is 5.69 Å². The van der Waals surface area contributed by atoms with Crippen molar-refractivity contribution in [3.8, 4) is 11.5 Å². The molecule has 7 rings (SSSR count). The van der Waals surface area contributed by atoms with Gasteiger partial charge in [0.15, 0.2) is 9.75 Å². The molecule has 4 amide bonds. The van der Waals surface area contributed by atoms with Crippen molar-refractivity contribution in [3.63, 3.8) is 0 Å². The molecule has 3 aromatic carbocycles. The van der Waals surface area contributed by atoms with Gasteiger partial charge in [0.1, 0.15) is 17.1 Å². The van der Waals surface area contributed by atoms with E-state index >= 15 is 0 Å². The third-order valence-electron chi connectivity index (χ3n) is 9.72. The first-order valence-corrected chi connectivity index (χ1v) is 15.9. The van der Waals surface area contributed by atoms with Crippen LogP contribution in [0.3, 0.4) is 0 Å². The van der Waals surface area contributed by atoms with Gasteiger partial charge < -0.3 is 15.3 Å². The Kier molecular flexibility index (Phi) is 6.64. The monoisotopic (exact) mass is 712 g/mol. The zero-order valence-electron chi connectivity index (χ0n) is 23.1. The molecule has 2 aliphatic carbocycles. The first-order chi connectivity index (χ1) is 21.4. The highest BCUT2D eigenvalue weighted by Crippen LogP contribution is 2.66. The number of alkyl halides is 3. The lowest BCUT2D eigenvalue weighted by atomic mass is 9.56. The number of rotatable bonds is 4. The summed E-state index contributed by atoms with van der Waals surface area (Å²) in [5, 5.41) is 32.3. The van der Waals surface area contributed by atoms with Crippen LogP contribution < -0.4 is 4.90 Å². The number of anilines is 1. The molecule has 1 saturated carbocycles. The third-order valence-corrected chi connectivity index (χ3v) is 11.6. The number of carboxylic acids is 1. The second kappa shape index (κ2) is 10.0. The molecular weight excluding hydrogens is 691 g/mol. The van der Waals surface area contributed by atoms with Crippen LogP contribution in [0.2, 0.25) is 0 Å². The third kappa shape index (κ3) is 3.77. The number of halogens is 3. The van der Waals surface area contributed by atoms with Gasteiger partial charge in [0, 0.05) is 17.5 Å². The predicted molar refractivity (Wildman–Crippen MR) is 167 cm³/mol. The molecule has 230 valence electrons. The molecule has 3 aromatic rings. The minimum absolute atomic E-state index is 0.00707. The number of amides is 4. The standard InChI is InChI=1S/C32H23BrCl2N2O8/c33-13-36-29(44)31(34)12-20-17(25(32(31,35)30(36)45)24-16-4-2-1-3-14(16)5-10-21(24)38)8-9-19-23(20)27(41)37(26(19)40)15-6-7-18(28(42)43)22(39)11-15/h1-8,10-11,19-20,23,25,38-39H,9,12-13H2,(H,42,43)/t19-,20+,23-,25+,31+,32-/m0/s1. The summed E-state index contributed by atoms with van der Waals surface area (Å²) in [5.41, 5.74) is 0.208. The van der Waals surface area contributed by atoms with Gasteiger partial charge in [-0.2, -0.15) is 0 Å². The number of fused-ring (bicyclic) bond motifs is 5. The molecule has 45 heavy (non-hydrogen) atoms. The second-order valence-electron chi connectivity index (χ2n) is 11.7. The Balaban J connectivity index is 1.42. The Morgan fingerprint density at radius 2 is 1.67 bits per heavy atom. The van der Waals surface area contributed by atoms with Crippen molar-refractivity contribution in [1.82, 2.24) is 4.90 Å². The van der Waals surface area contributed by atoms with Crippen molar-refractivity contribution in [2.75, 3.05) is 10.4 Å². The van der Waals surface area contributed by atoms with Crippen molar-refractivity contribution >= 4 is 85.2 Å². The fourth-order valence-corrected chi connectivity index (χ4v) is 9.16. The van der Waals surface area contributed by atoms with Crippen molar-refractivity contribution in [2.24, 2.45) is 17.8 Å². The highest BCUT2D eigenvalue weighted by Gasteiger charge is 2.76. The molecule has 2 heterocycles. The fraction of sp³-hybridized carbons (Fsp3) is 0.281. The molecule has 6 atom stereocenters. The zero-order valence-corrected chi connectivity index (χ0v) is 26.2. The fourth-order valence-electron chi connectivity index (χ4n) is 7.75. The van der Waals surface area contributed by atoms with Gasteiger partial charge in [0.2, 0.25) is 11.8 Å². The van der Waals surface area contributed by atoms with Crippen LogP contribution in [0.5, 0.6) is 11.5 Å². The zero-order chi connectivity index (χ0) is 32.2. The van der Waals surface area contributed by atoms with Gasteiger partial charge in [-0.05, 0) is 47.7 Å². The van der Waals surface area contributed by atoms with Gasteiger partial charge in [-0.1, -0.05) is 57.9 Å². The molecule has 0 bridgehead atoms. The number of carbonyl (C=O) groups is 5. The summed E-state index contributed by atoms with van der Waals surface area (Å²) in [6.45, 7) is 0. The summed E-state index contributed by atoms with van der Waals surface area (Å²) in [4.78, 5) is 65.0. The number of aromatic hydroxyl groups is 2. The van der Waals surface area contributed by atoms with E-state index in [-0.39, 0.29) is 35.3 Å². The lowest BCUT2D eigenvalue weighted by molar-refractivity contribution is -0.138. The van der Waals surface area contributed by atoms with Crippen LogP contribution in [-0.4, -0.2) is 65.0 Å². The maximum Gasteiger partial charge on any atom is 0.339 e. The SMILES string of the molecule is O=C(O)c1ccc(N2C(=O)[C@H]3[C@H](CC=C4[C@H]3C[C@@]3(Cl)C(=O)N(CBr)C(=O)[C@@]3(Cl)[C@H]4c3c(O)ccc4ccccc34)C2=O)cc1O. The quantitative estimate of drug-likeness (QED) is 0.150. The van der Waals surface area contributed by atoms with Crippen LogP contribution in [0, 0.1) is 17.8 Å². The maximum absolute atomic E-state index is 14.2. The molecule has 3 fully saturated rings. The normalized spacial score (nSPS) is 30.8. The molecule has 3 N–H and O–H groups in total. The maximum atomic E-state index is 14.2. The Bertz CT molecular complexity index is 1930. The van der Waals surface area contributed by atoms with Gasteiger partial charge in [-0.15, -0.1) is 23.2 Å². The number of likely N-dealkylation sites (tertiary alicyclic amines) is 1. The molecule has 10 nitrogen and oxygen atoms in total. The number of aromatic carboxylic acids is 1. The molecule has 0 unspecified atom stereocenters. The predicted octanol–water partition coefficient (Wildman–Crippen LogP) is 4.87. The van der Waals surface area contributed by atoms with Crippen molar-refractivity contribution in [1.29, 1.82) is 0 Å². The number of nitrogens with zero attached hydrogens (tertiary/aromatic N) is 2. The van der Waals surface area contributed by atoms with Crippen LogP contribution >= 0.6 is 39.1 Å². The minimum Gasteiger partial charge on any atom is -0.508 e. The number of imide groups is 2. The van der Waals surface area contributed by atoms with Gasteiger partial charge >= 0.3 is 5.97 Å². The largest absolute Gasteiger partial charge is 0.508 e. The molecule has 2 saturated heterocycles. The van der Waals surface area contributed by atoms with E-state index in [0.29, 0.717) is 11.0 Å². The lowest BCUT2D eigenvalue weighted by Crippen LogP contribution is -2.60. The number of allylic oxidation sites excluding steroid dienone is 2. The summed E-state index contributed by atoms with van der Waals surface area (Å²) in [5.74, 6) is -8.73. The number of carbonyl (C=O) groups excluding carboxylic acids is 4. The molecule has 2 aliphatic heterocycles. The Morgan fingerprint density at radius 3 is 2.36 bits per heavy atom. The number of carboxylic acid groups (broad SMARTS) is 1. The Hall–Kier alpha value is -3.93. The summed E-state index contributed by atoms with van der Waals surface area (Å²) < 4.78 is 0. The van der Waals surface area contributed by atoms with E-state index in [4.69, 9.17) is 23.2 Å². The number of phenols is 2. The van der Waals surface area contributed by atoms with Crippen molar-refractivity contribution in [2.45, 2.75) is 28.5 Å². The number of benzene rings is 3. The number of phenolic OH excluding ortho intramolecular Hbond substituents is 1. The van der Waals surface area contributed by atoms with Crippen LogP contribution in [0.15, 0.2) is 66.2 Å². The van der Waals surface area contributed by atoms with Crippen LogP contribution in [-0.2, 0) is 19.2 Å². The van der Waals surface area contributed by atoms with E-state index in [1.54, 1.807) is 24.3 Å². The Morgan fingerprint density at radius 1 is 0.933 bits per heavy atom. The van der Waals surface area contributed by atoms with E-state index in [1.807, 2.05) is 12.1 Å². The minimum atomic E-state index is -2.08. The van der Waals surface area contributed by atoms with E-state index in [2.05, 4.69) is 15.9 Å². The molecule has 0 radical (unpaired) electrons. The van der Waals surface area contributed by atoms with Crippen LogP contribution in [0.25, 0.3) is 10.8 Å². The molecule has 0 spiro atoms. The molecular formula is C32H23BrCl2N2O8. The second-order valence-corrected chi connectivity index (χ2v) is 13.5. The molecule has 13 heteroatoms. The summed E-state index contributed by atoms with van der Waals surface area (Å²) >= 11 is 17.8. The van der Waals surface area contributed by atoms with Crippen molar-refractivity contribution in [3.05, 3.63) is 77.4 Å². The smallest absolute Gasteiger partial charge is 0.339 e. The summed E-state index contributed by atoms with van der Waals surface area (Å²) in [6.07, 6.45) is 1.61. The average molecular weight is 714 g/mol. The molecule has 0 aromatic heterocycles. The topological polar surface area (TPSA) is 153 Å². The molecule has 4 aliphatic rings. The van der Waals surface area contributed by atoms with Gasteiger partial charge in [-0.3, -0.25) is 24.1 Å². The van der Waals surface area contributed by atoms with E-state index in [1.165, 1.54) is 12.1 Å². The van der Waals surface area contributed by atoms with Crippen molar-refractivity contribution < 1.29 is 39.3 Å². The highest BCUT2D eigenvalue weighted by molar-refractivity contribution is 9.09. The first kappa shape index (κ1) is 29.8. The Labute approximate surface area is 273 Å². The average Bonchev–Trinajstić information content (AvgIpc) is 3.35. The van der Waals surface area contributed by atoms with Gasteiger partial charge in [-0.25, -0.2) is 9.69 Å². The lowest BCUT2D eigenvalue weighted by Gasteiger charge is -2.51. The number of hydrogen-bond acceptors (Lipinski definition) is 7. The van der Waals surface area contributed by atoms with Crippen LogP contribution in [0.1, 0.15) is 34.7 Å². The summed E-state index contributed by atoms with van der Waals surface area (Å²) in [6, 6.07) is 13.8. The van der Waals surface area contributed by atoms with E-state index < -0.39 is 74.3 Å². The van der Waals surface area contributed by atoms with E-state index in [0.717, 1.165) is 27.3 Å². The van der Waals surface area contributed by atoms with E-state index in [9.17, 15) is 39.3 Å². The number of hydrogen-bond donors (Lipinski definition) is 3. The first-order valence-electron chi connectivity index (χ1n) is 14.0. The highest BCUT2D eigenvalue weighted by atomic mass is 79.9. The van der Waals surface area contributed by atoms with Gasteiger partial charge in [0.25, 0.3) is 11.8 Å².